The van der Waals surface area contributed by atoms with Crippen molar-refractivity contribution in [1.29, 1.82) is 0 Å². The normalized spacial score (nSPS) is 12.8. The number of benzene rings is 4. The van der Waals surface area contributed by atoms with Crippen LogP contribution in [0.25, 0.3) is 0 Å². The van der Waals surface area contributed by atoms with Gasteiger partial charge in [-0.15, -0.1) is 0 Å². The van der Waals surface area contributed by atoms with Crippen molar-refractivity contribution in [1.82, 2.24) is 0 Å². The molecule has 4 aromatic carbocycles. The highest BCUT2D eigenvalue weighted by Gasteiger charge is 2.28. The Morgan fingerprint density at radius 3 is 1.71 bits per heavy atom. The van der Waals surface area contributed by atoms with Crippen LogP contribution in [-0.2, 0) is 25.0 Å². The maximum atomic E-state index is 7.03. The molecule has 2 nitrogen and oxygen atoms in total. The van der Waals surface area contributed by atoms with Gasteiger partial charge in [-0.25, -0.2) is 0 Å². The summed E-state index contributed by atoms with van der Waals surface area (Å²) in [6, 6.07) is 36.7. The molecule has 0 aromatic heterocycles. The molecular formula is C28H26ClNO. The van der Waals surface area contributed by atoms with Crippen molar-refractivity contribution in [3.63, 3.8) is 0 Å². The predicted octanol–water partition coefficient (Wildman–Crippen LogP) is 6.56. The molecule has 0 aliphatic rings. The van der Waals surface area contributed by atoms with Gasteiger partial charge in [0.1, 0.15) is 12.4 Å². The zero-order chi connectivity index (χ0) is 21.5. The number of rotatable bonds is 8. The van der Waals surface area contributed by atoms with E-state index in [4.69, 9.17) is 22.1 Å². The highest BCUT2D eigenvalue weighted by molar-refractivity contribution is 6.30. The molecule has 3 heteroatoms. The van der Waals surface area contributed by atoms with E-state index in [0.717, 1.165) is 34.7 Å². The van der Waals surface area contributed by atoms with Gasteiger partial charge < -0.3 is 10.5 Å². The third-order valence-electron chi connectivity index (χ3n) is 5.47. The van der Waals surface area contributed by atoms with Crippen LogP contribution in [0.4, 0.5) is 0 Å². The van der Waals surface area contributed by atoms with Crippen LogP contribution in [-0.4, -0.2) is 0 Å². The van der Waals surface area contributed by atoms with Crippen molar-refractivity contribution in [3.05, 3.63) is 136 Å². The van der Waals surface area contributed by atoms with Crippen LogP contribution in [0.5, 0.6) is 5.75 Å². The van der Waals surface area contributed by atoms with Gasteiger partial charge in [0.25, 0.3) is 0 Å². The molecule has 0 aliphatic carbocycles. The summed E-state index contributed by atoms with van der Waals surface area (Å²) in [6.07, 6.45) is 1.44. The second kappa shape index (κ2) is 9.82. The third kappa shape index (κ3) is 5.75. The molecular weight excluding hydrogens is 402 g/mol. The first kappa shape index (κ1) is 21.2. The fourth-order valence-corrected chi connectivity index (χ4v) is 3.94. The summed E-state index contributed by atoms with van der Waals surface area (Å²) in [5.41, 5.74) is 11.1. The topological polar surface area (TPSA) is 35.2 Å². The summed E-state index contributed by atoms with van der Waals surface area (Å²) in [5.74, 6) is 0.854. The molecule has 0 bridgehead atoms. The van der Waals surface area contributed by atoms with Gasteiger partial charge in [-0.1, -0.05) is 96.5 Å². The minimum absolute atomic E-state index is 0.526. The first-order chi connectivity index (χ1) is 15.1. The van der Waals surface area contributed by atoms with Crippen LogP contribution in [0.3, 0.4) is 0 Å². The van der Waals surface area contributed by atoms with Crippen molar-refractivity contribution >= 4 is 11.6 Å². The van der Waals surface area contributed by atoms with Gasteiger partial charge >= 0.3 is 0 Å². The van der Waals surface area contributed by atoms with E-state index in [2.05, 4.69) is 36.4 Å². The Bertz CT molecular complexity index is 1080. The van der Waals surface area contributed by atoms with E-state index in [9.17, 15) is 0 Å². The molecule has 156 valence electrons. The second-order valence-corrected chi connectivity index (χ2v) is 8.36. The van der Waals surface area contributed by atoms with E-state index >= 15 is 0 Å². The lowest BCUT2D eigenvalue weighted by Crippen LogP contribution is -2.41. The Morgan fingerprint density at radius 1 is 0.613 bits per heavy atom. The first-order valence-corrected chi connectivity index (χ1v) is 10.8. The Kier molecular flexibility index (Phi) is 6.71. The number of ether oxygens (including phenoxy) is 1. The molecule has 0 amide bonds. The van der Waals surface area contributed by atoms with Crippen molar-refractivity contribution in [2.75, 3.05) is 0 Å². The molecule has 2 N–H and O–H groups in total. The van der Waals surface area contributed by atoms with Crippen LogP contribution in [0, 0.1) is 0 Å². The van der Waals surface area contributed by atoms with Gasteiger partial charge in [-0.05, 0) is 59.4 Å². The molecule has 1 unspecified atom stereocenters. The monoisotopic (exact) mass is 427 g/mol. The van der Waals surface area contributed by atoms with Crippen molar-refractivity contribution < 1.29 is 4.74 Å². The molecule has 0 saturated carbocycles. The molecule has 0 fully saturated rings. The van der Waals surface area contributed by atoms with Gasteiger partial charge in [-0.2, -0.15) is 0 Å². The molecule has 4 aromatic rings. The van der Waals surface area contributed by atoms with Crippen LogP contribution < -0.4 is 10.5 Å². The molecule has 31 heavy (non-hydrogen) atoms. The lowest BCUT2D eigenvalue weighted by molar-refractivity contribution is 0.306. The van der Waals surface area contributed by atoms with Crippen LogP contribution in [0.2, 0.25) is 5.02 Å². The van der Waals surface area contributed by atoms with Gasteiger partial charge in [0, 0.05) is 10.6 Å². The zero-order valence-corrected chi connectivity index (χ0v) is 18.1. The van der Waals surface area contributed by atoms with Gasteiger partial charge in [-0.3, -0.25) is 0 Å². The van der Waals surface area contributed by atoms with Crippen LogP contribution in [0.15, 0.2) is 109 Å². The summed E-state index contributed by atoms with van der Waals surface area (Å²) in [6.45, 7) is 0.557. The average molecular weight is 428 g/mol. The maximum Gasteiger partial charge on any atom is 0.119 e. The van der Waals surface area contributed by atoms with E-state index in [-0.39, 0.29) is 0 Å². The predicted molar refractivity (Wildman–Crippen MR) is 128 cm³/mol. The minimum Gasteiger partial charge on any atom is -0.489 e. The van der Waals surface area contributed by atoms with E-state index in [1.54, 1.807) is 0 Å². The Labute approximate surface area is 189 Å². The number of hydrogen-bond acceptors (Lipinski definition) is 2. The van der Waals surface area contributed by atoms with Crippen molar-refractivity contribution in [2.45, 2.75) is 25.0 Å². The second-order valence-electron chi connectivity index (χ2n) is 7.92. The SMILES string of the molecule is NC(Cc1ccc(Cl)cc1)(Cc1ccc(OCc2ccccc2)cc1)c1ccccc1. The minimum atomic E-state index is -0.526. The quantitative estimate of drug-likeness (QED) is 0.345. The summed E-state index contributed by atoms with van der Waals surface area (Å²) < 4.78 is 5.92. The molecule has 0 heterocycles. The van der Waals surface area contributed by atoms with E-state index in [1.165, 1.54) is 11.1 Å². The maximum absolute atomic E-state index is 7.03. The zero-order valence-electron chi connectivity index (χ0n) is 17.4. The largest absolute Gasteiger partial charge is 0.489 e. The Hall–Kier alpha value is -3.07. The van der Waals surface area contributed by atoms with Crippen LogP contribution >= 0.6 is 11.6 Å². The summed E-state index contributed by atoms with van der Waals surface area (Å²) in [7, 11) is 0. The van der Waals surface area contributed by atoms with E-state index < -0.39 is 5.54 Å². The summed E-state index contributed by atoms with van der Waals surface area (Å²) in [4.78, 5) is 0. The molecule has 0 spiro atoms. The fourth-order valence-electron chi connectivity index (χ4n) is 3.81. The summed E-state index contributed by atoms with van der Waals surface area (Å²) in [5, 5.41) is 0.733. The van der Waals surface area contributed by atoms with Crippen molar-refractivity contribution in [3.8, 4) is 5.75 Å². The number of halogens is 1. The standard InChI is InChI=1S/C28H26ClNO/c29-26-15-11-22(12-16-26)19-28(30,25-9-5-2-6-10-25)20-23-13-17-27(18-14-23)31-21-24-7-3-1-4-8-24/h1-18H,19-21,30H2. The molecule has 0 radical (unpaired) electrons. The molecule has 4 rings (SSSR count). The molecule has 1 atom stereocenters. The average Bonchev–Trinajstić information content (AvgIpc) is 2.81. The summed E-state index contributed by atoms with van der Waals surface area (Å²) >= 11 is 6.07. The highest BCUT2D eigenvalue weighted by atomic mass is 35.5. The lowest BCUT2D eigenvalue weighted by atomic mass is 9.80. The molecule has 0 aliphatic heterocycles. The molecule has 0 saturated heterocycles. The first-order valence-electron chi connectivity index (χ1n) is 10.5. The van der Waals surface area contributed by atoms with Gasteiger partial charge in [0.15, 0.2) is 0 Å². The van der Waals surface area contributed by atoms with E-state index in [0.29, 0.717) is 6.61 Å². The van der Waals surface area contributed by atoms with Gasteiger partial charge in [0.2, 0.25) is 0 Å². The van der Waals surface area contributed by atoms with Gasteiger partial charge in [0.05, 0.1) is 0 Å². The highest BCUT2D eigenvalue weighted by Crippen LogP contribution is 2.29. The fraction of sp³-hybridized carbons (Fsp3) is 0.143. The Balaban J connectivity index is 1.50. The van der Waals surface area contributed by atoms with Crippen LogP contribution in [0.1, 0.15) is 22.3 Å². The van der Waals surface area contributed by atoms with Crippen molar-refractivity contribution in [2.24, 2.45) is 5.73 Å². The number of hydrogen-bond donors (Lipinski definition) is 1. The third-order valence-corrected chi connectivity index (χ3v) is 5.72. The van der Waals surface area contributed by atoms with E-state index in [1.807, 2.05) is 72.8 Å². The Morgan fingerprint density at radius 2 is 1.13 bits per heavy atom. The number of nitrogens with two attached hydrogens (primary N) is 1. The smallest absolute Gasteiger partial charge is 0.119 e. The lowest BCUT2D eigenvalue weighted by Gasteiger charge is -2.31.